The number of piperidine rings is 1. The number of para-hydroxylation sites is 1. The van der Waals surface area contributed by atoms with Gasteiger partial charge in [0, 0.05) is 25.2 Å². The molecule has 0 unspecified atom stereocenters. The van der Waals surface area contributed by atoms with Crippen LogP contribution in [-0.4, -0.2) is 44.5 Å². The fraction of sp³-hybridized carbons (Fsp3) is 0.353. The third kappa shape index (κ3) is 4.48. The highest BCUT2D eigenvalue weighted by Crippen LogP contribution is 2.25. The average Bonchev–Trinajstić information content (AvgIpc) is 2.67. The Hall–Kier alpha value is -2.39. The lowest BCUT2D eigenvalue weighted by Crippen LogP contribution is -2.42. The van der Waals surface area contributed by atoms with Crippen molar-refractivity contribution in [2.45, 2.75) is 17.7 Å². The molecule has 2 heterocycles. The minimum Gasteiger partial charge on any atom is -0.495 e. The topological polar surface area (TPSA) is 101 Å². The summed E-state index contributed by atoms with van der Waals surface area (Å²) in [7, 11) is -2.62. The van der Waals surface area contributed by atoms with E-state index in [-0.39, 0.29) is 15.9 Å². The van der Waals surface area contributed by atoms with Gasteiger partial charge in [-0.2, -0.15) is 0 Å². The molecule has 1 N–H and O–H groups in total. The Balaban J connectivity index is 1.64. The van der Waals surface area contributed by atoms with E-state index in [0.29, 0.717) is 31.7 Å². The van der Waals surface area contributed by atoms with E-state index in [0.717, 1.165) is 0 Å². The molecular formula is C17H19ClN4O4S. The van der Waals surface area contributed by atoms with Crippen molar-refractivity contribution in [1.82, 2.24) is 14.7 Å². The number of methoxy groups -OCH3 is 1. The maximum absolute atomic E-state index is 12.5. The third-order valence-electron chi connectivity index (χ3n) is 4.39. The van der Waals surface area contributed by atoms with Crippen molar-refractivity contribution in [1.29, 1.82) is 0 Å². The largest absolute Gasteiger partial charge is 0.495 e. The molecule has 1 aliphatic heterocycles. The van der Waals surface area contributed by atoms with E-state index in [2.05, 4.69) is 14.7 Å². The van der Waals surface area contributed by atoms with Crippen LogP contribution in [0.4, 0.5) is 5.82 Å². The normalized spacial score (nSPS) is 15.4. The Morgan fingerprint density at radius 3 is 2.63 bits per heavy atom. The van der Waals surface area contributed by atoms with Gasteiger partial charge in [-0.1, -0.05) is 12.1 Å². The highest BCUT2D eigenvalue weighted by atomic mass is 35.5. The summed E-state index contributed by atoms with van der Waals surface area (Å²) < 4.78 is 32.3. The Morgan fingerprint density at radius 1 is 1.26 bits per heavy atom. The highest BCUT2D eigenvalue weighted by Gasteiger charge is 2.30. The Bertz CT molecular complexity index is 930. The van der Waals surface area contributed by atoms with Crippen LogP contribution in [0.15, 0.2) is 41.4 Å². The van der Waals surface area contributed by atoms with Gasteiger partial charge in [0.1, 0.15) is 16.5 Å². The predicted octanol–water partition coefficient (Wildman–Crippen LogP) is 1.86. The molecule has 0 saturated carbocycles. The van der Waals surface area contributed by atoms with Gasteiger partial charge >= 0.3 is 0 Å². The molecule has 1 aromatic heterocycles. The molecule has 0 bridgehead atoms. The zero-order chi connectivity index (χ0) is 19.4. The van der Waals surface area contributed by atoms with Gasteiger partial charge < -0.3 is 9.64 Å². The molecule has 1 fully saturated rings. The van der Waals surface area contributed by atoms with Gasteiger partial charge in [-0.3, -0.25) is 4.79 Å². The second-order valence-corrected chi connectivity index (χ2v) is 8.05. The number of benzene rings is 1. The Kier molecular flexibility index (Phi) is 5.81. The van der Waals surface area contributed by atoms with Crippen LogP contribution in [0.2, 0.25) is 5.28 Å². The molecule has 10 heteroatoms. The van der Waals surface area contributed by atoms with E-state index in [9.17, 15) is 13.2 Å². The maximum atomic E-state index is 12.5. The fourth-order valence-corrected chi connectivity index (χ4v) is 4.34. The number of halogens is 1. The van der Waals surface area contributed by atoms with Crippen molar-refractivity contribution in [3.05, 3.63) is 41.8 Å². The van der Waals surface area contributed by atoms with E-state index < -0.39 is 21.8 Å². The van der Waals surface area contributed by atoms with Crippen LogP contribution >= 0.6 is 11.6 Å². The summed E-state index contributed by atoms with van der Waals surface area (Å²) in [5.41, 5.74) is 0. The van der Waals surface area contributed by atoms with Crippen LogP contribution in [0.3, 0.4) is 0 Å². The quantitative estimate of drug-likeness (QED) is 0.750. The highest BCUT2D eigenvalue weighted by molar-refractivity contribution is 7.90. The number of carbonyl (C=O) groups excluding carboxylic acids is 1. The molecule has 0 radical (unpaired) electrons. The van der Waals surface area contributed by atoms with E-state index in [4.69, 9.17) is 16.3 Å². The molecule has 1 amide bonds. The molecule has 1 aliphatic rings. The van der Waals surface area contributed by atoms with Crippen molar-refractivity contribution in [3.8, 4) is 5.75 Å². The molecule has 8 nitrogen and oxygen atoms in total. The van der Waals surface area contributed by atoms with E-state index in [1.54, 1.807) is 24.4 Å². The minimum atomic E-state index is -4.00. The van der Waals surface area contributed by atoms with Crippen LogP contribution in [0.1, 0.15) is 12.8 Å². The van der Waals surface area contributed by atoms with Crippen molar-refractivity contribution in [3.63, 3.8) is 0 Å². The molecule has 1 aromatic carbocycles. The van der Waals surface area contributed by atoms with Gasteiger partial charge in [-0.25, -0.2) is 23.1 Å². The summed E-state index contributed by atoms with van der Waals surface area (Å²) in [5, 5.41) is 0.162. The SMILES string of the molecule is COc1ccccc1S(=O)(=O)NC(=O)C1CCN(c2ccnc(Cl)n2)CC1. The molecule has 0 spiro atoms. The van der Waals surface area contributed by atoms with Gasteiger partial charge in [0.25, 0.3) is 10.0 Å². The molecule has 0 atom stereocenters. The lowest BCUT2D eigenvalue weighted by molar-refractivity contribution is -0.123. The number of anilines is 1. The maximum Gasteiger partial charge on any atom is 0.267 e. The number of rotatable bonds is 5. The second kappa shape index (κ2) is 8.10. The van der Waals surface area contributed by atoms with E-state index in [1.165, 1.54) is 19.2 Å². The number of amides is 1. The van der Waals surface area contributed by atoms with Crippen molar-refractivity contribution < 1.29 is 17.9 Å². The zero-order valence-corrected chi connectivity index (χ0v) is 16.2. The molecule has 3 rings (SSSR count). The molecule has 144 valence electrons. The van der Waals surface area contributed by atoms with Crippen LogP contribution in [0.25, 0.3) is 0 Å². The van der Waals surface area contributed by atoms with Crippen LogP contribution in [0, 0.1) is 5.92 Å². The smallest absolute Gasteiger partial charge is 0.267 e. The molecule has 2 aromatic rings. The monoisotopic (exact) mass is 410 g/mol. The number of sulfonamides is 1. The first-order valence-corrected chi connectivity index (χ1v) is 10.2. The lowest BCUT2D eigenvalue weighted by Gasteiger charge is -2.32. The first-order valence-electron chi connectivity index (χ1n) is 8.34. The summed E-state index contributed by atoms with van der Waals surface area (Å²) >= 11 is 5.81. The van der Waals surface area contributed by atoms with Gasteiger partial charge in [0.15, 0.2) is 0 Å². The number of ether oxygens (including phenoxy) is 1. The fourth-order valence-electron chi connectivity index (χ4n) is 2.98. The van der Waals surface area contributed by atoms with Crippen molar-refractivity contribution in [2.75, 3.05) is 25.1 Å². The van der Waals surface area contributed by atoms with E-state index in [1.807, 2.05) is 4.90 Å². The average molecular weight is 411 g/mol. The first-order chi connectivity index (χ1) is 12.9. The zero-order valence-electron chi connectivity index (χ0n) is 14.6. The summed E-state index contributed by atoms with van der Waals surface area (Å²) in [5.74, 6) is -0.0342. The first kappa shape index (κ1) is 19.4. The number of hydrogen-bond donors (Lipinski definition) is 1. The molecular weight excluding hydrogens is 392 g/mol. The standard InChI is InChI=1S/C17H19ClN4O4S/c1-26-13-4-2-3-5-14(13)27(24,25)21-16(23)12-7-10-22(11-8-12)15-6-9-19-17(18)20-15/h2-6,9,12H,7-8,10-11H2,1H3,(H,21,23). The van der Waals surface area contributed by atoms with Crippen LogP contribution in [-0.2, 0) is 14.8 Å². The second-order valence-electron chi connectivity index (χ2n) is 6.07. The van der Waals surface area contributed by atoms with E-state index >= 15 is 0 Å². The minimum absolute atomic E-state index is 0.0612. The lowest BCUT2D eigenvalue weighted by atomic mass is 9.96. The summed E-state index contributed by atoms with van der Waals surface area (Å²) in [6.45, 7) is 1.14. The van der Waals surface area contributed by atoms with Crippen molar-refractivity contribution in [2.24, 2.45) is 5.92 Å². The van der Waals surface area contributed by atoms with Crippen LogP contribution in [0.5, 0.6) is 5.75 Å². The Labute approximate surface area is 162 Å². The number of aromatic nitrogens is 2. The van der Waals surface area contributed by atoms with Gasteiger partial charge in [0.2, 0.25) is 11.2 Å². The number of hydrogen-bond acceptors (Lipinski definition) is 7. The molecule has 0 aliphatic carbocycles. The number of nitrogens with one attached hydrogen (secondary N) is 1. The molecule has 27 heavy (non-hydrogen) atoms. The number of carbonyl (C=O) groups is 1. The summed E-state index contributed by atoms with van der Waals surface area (Å²) in [6, 6.07) is 7.92. The van der Waals surface area contributed by atoms with Gasteiger partial charge in [-0.05, 0) is 42.6 Å². The summed E-state index contributed by atoms with van der Waals surface area (Å²) in [4.78, 5) is 22.4. The van der Waals surface area contributed by atoms with Crippen molar-refractivity contribution >= 4 is 33.3 Å². The summed E-state index contributed by atoms with van der Waals surface area (Å²) in [6.07, 6.45) is 2.59. The predicted molar refractivity (Wildman–Crippen MR) is 100 cm³/mol. The molecule has 1 saturated heterocycles. The third-order valence-corrected chi connectivity index (χ3v) is 5.96. The Morgan fingerprint density at radius 2 is 1.96 bits per heavy atom. The number of nitrogens with zero attached hydrogens (tertiary/aromatic N) is 3. The van der Waals surface area contributed by atoms with Crippen LogP contribution < -0.4 is 14.4 Å². The van der Waals surface area contributed by atoms with Gasteiger partial charge in [0.05, 0.1) is 7.11 Å². The van der Waals surface area contributed by atoms with Gasteiger partial charge in [-0.15, -0.1) is 0 Å².